The Labute approximate surface area is 127 Å². The molecule has 0 radical (unpaired) electrons. The predicted octanol–water partition coefficient (Wildman–Crippen LogP) is 1.88. The van der Waals surface area contributed by atoms with E-state index in [9.17, 15) is 13.2 Å². The number of rotatable bonds is 2. The normalized spacial score (nSPS) is 18.9. The molecule has 1 aromatic carbocycles. The van der Waals surface area contributed by atoms with Crippen LogP contribution in [0, 0.1) is 0 Å². The lowest BCUT2D eigenvalue weighted by Gasteiger charge is -2.26. The van der Waals surface area contributed by atoms with Crippen molar-refractivity contribution in [2.75, 3.05) is 11.5 Å². The lowest BCUT2D eigenvalue weighted by Crippen LogP contribution is -2.34. The molecule has 0 bridgehead atoms. The fourth-order valence-electron chi connectivity index (χ4n) is 2.80. The Balaban J connectivity index is 2.13. The average Bonchev–Trinajstić information content (AvgIpc) is 2.48. The van der Waals surface area contributed by atoms with Crippen LogP contribution in [0.2, 0.25) is 0 Å². The van der Waals surface area contributed by atoms with Crippen LogP contribution in [-0.2, 0) is 15.7 Å². The van der Waals surface area contributed by atoms with Gasteiger partial charge in [0.2, 0.25) is 0 Å². The van der Waals surface area contributed by atoms with Crippen molar-refractivity contribution in [2.24, 2.45) is 0 Å². The van der Waals surface area contributed by atoms with Crippen molar-refractivity contribution in [1.29, 1.82) is 0 Å². The number of sulfone groups is 1. The third kappa shape index (κ3) is 2.70. The summed E-state index contributed by atoms with van der Waals surface area (Å²) in [4.78, 5) is 17.1. The molecule has 7 heteroatoms. The second-order valence-corrected chi connectivity index (χ2v) is 7.81. The fraction of sp³-hybridized carbons (Fsp3) is 0.429. The van der Waals surface area contributed by atoms with Gasteiger partial charge in [0, 0.05) is 6.04 Å². The van der Waals surface area contributed by atoms with Gasteiger partial charge in [0.15, 0.2) is 0 Å². The number of hydrogen-bond acceptors (Lipinski definition) is 4. The van der Waals surface area contributed by atoms with Crippen LogP contribution in [-0.4, -0.2) is 29.5 Å². The van der Waals surface area contributed by atoms with Gasteiger partial charge in [-0.15, -0.1) is 11.6 Å². The Hall–Kier alpha value is -1.40. The fourth-order valence-corrected chi connectivity index (χ4v) is 4.45. The van der Waals surface area contributed by atoms with Gasteiger partial charge in [0.05, 0.1) is 28.3 Å². The van der Waals surface area contributed by atoms with E-state index in [1.165, 1.54) is 0 Å². The van der Waals surface area contributed by atoms with Gasteiger partial charge < -0.3 is 0 Å². The molecule has 2 heterocycles. The van der Waals surface area contributed by atoms with Crippen molar-refractivity contribution in [1.82, 2.24) is 9.55 Å². The Morgan fingerprint density at radius 2 is 1.90 bits per heavy atom. The number of aromatic nitrogens is 2. The van der Waals surface area contributed by atoms with E-state index in [1.807, 2.05) is 6.07 Å². The Kier molecular flexibility index (Phi) is 3.75. The Bertz CT molecular complexity index is 831. The van der Waals surface area contributed by atoms with Crippen molar-refractivity contribution in [3.63, 3.8) is 0 Å². The molecule has 1 aliphatic rings. The number of halogens is 1. The highest BCUT2D eigenvalue weighted by molar-refractivity contribution is 7.91. The smallest absolute Gasteiger partial charge is 0.261 e. The van der Waals surface area contributed by atoms with Crippen molar-refractivity contribution < 1.29 is 8.42 Å². The summed E-state index contributed by atoms with van der Waals surface area (Å²) in [5, 5.41) is 0.541. The van der Waals surface area contributed by atoms with E-state index in [2.05, 4.69) is 4.98 Å². The maximum atomic E-state index is 12.7. The third-order valence-corrected chi connectivity index (χ3v) is 5.84. The van der Waals surface area contributed by atoms with Crippen LogP contribution < -0.4 is 5.56 Å². The number of alkyl halides is 1. The summed E-state index contributed by atoms with van der Waals surface area (Å²) in [5.74, 6) is 0.852. The average molecular weight is 327 g/mol. The lowest BCUT2D eigenvalue weighted by molar-refractivity contribution is 0.426. The first-order valence-electron chi connectivity index (χ1n) is 6.78. The van der Waals surface area contributed by atoms with Gasteiger partial charge >= 0.3 is 0 Å². The van der Waals surface area contributed by atoms with Crippen molar-refractivity contribution in [2.45, 2.75) is 24.8 Å². The van der Waals surface area contributed by atoms with Gasteiger partial charge in [-0.05, 0) is 25.0 Å². The topological polar surface area (TPSA) is 69.0 Å². The summed E-state index contributed by atoms with van der Waals surface area (Å²) in [7, 11) is -2.97. The number of para-hydroxylation sites is 1. The first kappa shape index (κ1) is 14.5. The molecule has 5 nitrogen and oxygen atoms in total. The van der Waals surface area contributed by atoms with E-state index in [0.717, 1.165) is 0 Å². The summed E-state index contributed by atoms with van der Waals surface area (Å²) in [6.45, 7) is 0. The minimum atomic E-state index is -2.97. The van der Waals surface area contributed by atoms with Crippen molar-refractivity contribution in [3.8, 4) is 0 Å². The summed E-state index contributed by atoms with van der Waals surface area (Å²) in [6, 6.07) is 6.99. The summed E-state index contributed by atoms with van der Waals surface area (Å²) >= 11 is 5.94. The van der Waals surface area contributed by atoms with E-state index in [1.54, 1.807) is 22.8 Å². The number of nitrogens with zero attached hydrogens (tertiary/aromatic N) is 2. The van der Waals surface area contributed by atoms with E-state index in [-0.39, 0.29) is 29.0 Å². The van der Waals surface area contributed by atoms with Crippen LogP contribution in [0.5, 0.6) is 0 Å². The van der Waals surface area contributed by atoms with Gasteiger partial charge in [0.1, 0.15) is 15.7 Å². The Morgan fingerprint density at radius 3 is 2.57 bits per heavy atom. The molecule has 1 fully saturated rings. The zero-order chi connectivity index (χ0) is 15.0. The molecule has 21 heavy (non-hydrogen) atoms. The van der Waals surface area contributed by atoms with Crippen molar-refractivity contribution >= 4 is 32.3 Å². The highest BCUT2D eigenvalue weighted by Crippen LogP contribution is 2.25. The van der Waals surface area contributed by atoms with Crippen molar-refractivity contribution in [3.05, 3.63) is 40.4 Å². The maximum absolute atomic E-state index is 12.7. The largest absolute Gasteiger partial charge is 0.292 e. The number of fused-ring (bicyclic) bond motifs is 1. The Morgan fingerprint density at radius 1 is 1.24 bits per heavy atom. The molecule has 0 atom stereocenters. The molecule has 0 saturated carbocycles. The molecule has 112 valence electrons. The lowest BCUT2D eigenvalue weighted by atomic mass is 10.1. The van der Waals surface area contributed by atoms with Crippen LogP contribution in [0.15, 0.2) is 29.1 Å². The molecule has 0 spiro atoms. The molecule has 0 unspecified atom stereocenters. The summed E-state index contributed by atoms with van der Waals surface area (Å²) in [6.07, 6.45) is 0.873. The highest BCUT2D eigenvalue weighted by Gasteiger charge is 2.27. The maximum Gasteiger partial charge on any atom is 0.261 e. The van der Waals surface area contributed by atoms with Gasteiger partial charge in [-0.25, -0.2) is 13.4 Å². The first-order valence-corrected chi connectivity index (χ1v) is 9.14. The molecule has 1 aliphatic heterocycles. The molecule has 0 amide bonds. The second kappa shape index (κ2) is 5.42. The molecule has 0 N–H and O–H groups in total. The minimum Gasteiger partial charge on any atom is -0.292 e. The van der Waals surface area contributed by atoms with Gasteiger partial charge in [-0.3, -0.25) is 9.36 Å². The van der Waals surface area contributed by atoms with Crippen LogP contribution in [0.1, 0.15) is 24.7 Å². The molecule has 1 aromatic heterocycles. The van der Waals surface area contributed by atoms with Crippen LogP contribution in [0.25, 0.3) is 10.9 Å². The highest BCUT2D eigenvalue weighted by atomic mass is 35.5. The van der Waals surface area contributed by atoms with Gasteiger partial charge in [-0.2, -0.15) is 0 Å². The quantitative estimate of drug-likeness (QED) is 0.790. The van der Waals surface area contributed by atoms with Crippen LogP contribution >= 0.6 is 11.6 Å². The first-order chi connectivity index (χ1) is 10.0. The molecule has 2 aromatic rings. The van der Waals surface area contributed by atoms with Gasteiger partial charge in [0.25, 0.3) is 5.56 Å². The van der Waals surface area contributed by atoms with E-state index in [0.29, 0.717) is 29.6 Å². The molecule has 1 saturated heterocycles. The predicted molar refractivity (Wildman–Crippen MR) is 82.5 cm³/mol. The number of hydrogen-bond donors (Lipinski definition) is 0. The molecule has 3 rings (SSSR count). The second-order valence-electron chi connectivity index (χ2n) is 5.24. The third-order valence-electron chi connectivity index (χ3n) is 3.89. The monoisotopic (exact) mass is 326 g/mol. The van der Waals surface area contributed by atoms with E-state index >= 15 is 0 Å². The minimum absolute atomic E-state index is 0.110. The number of benzene rings is 1. The van der Waals surface area contributed by atoms with Crippen LogP contribution in [0.3, 0.4) is 0 Å². The summed E-state index contributed by atoms with van der Waals surface area (Å²) in [5.41, 5.74) is 0.485. The molecular weight excluding hydrogens is 312 g/mol. The van der Waals surface area contributed by atoms with E-state index < -0.39 is 9.84 Å². The van der Waals surface area contributed by atoms with Gasteiger partial charge in [-0.1, -0.05) is 12.1 Å². The zero-order valence-electron chi connectivity index (χ0n) is 11.3. The SMILES string of the molecule is O=c1c2ccccc2nc(CCl)n1C1CCS(=O)(=O)CC1. The summed E-state index contributed by atoms with van der Waals surface area (Å²) < 4.78 is 24.7. The van der Waals surface area contributed by atoms with E-state index in [4.69, 9.17) is 11.6 Å². The zero-order valence-corrected chi connectivity index (χ0v) is 12.9. The molecule has 0 aliphatic carbocycles. The standard InChI is InChI=1S/C14H15ClN2O3S/c15-9-13-16-12-4-2-1-3-11(12)14(18)17(13)10-5-7-21(19,20)8-6-10/h1-4,10H,5-9H2. The molecular formula is C14H15ClN2O3S. The van der Waals surface area contributed by atoms with Crippen LogP contribution in [0.4, 0.5) is 0 Å².